The molecule has 0 aliphatic heterocycles. The molecule has 0 fully saturated rings. The average molecular weight is 439 g/mol. The number of phenols is 1. The lowest BCUT2D eigenvalue weighted by atomic mass is 9.95. The lowest BCUT2D eigenvalue weighted by Gasteiger charge is -2.23. The number of aromatic nitrogens is 1. The SMILES string of the molecule is O=[N+]([O-])c1ccc(C(Nc2cccc(C(F)(F)F)c2)c2ccc3cccnc3c2O)cc1. The Morgan fingerprint density at radius 2 is 1.75 bits per heavy atom. The predicted octanol–water partition coefficient (Wildman–Crippen LogP) is 6.07. The molecule has 1 atom stereocenters. The summed E-state index contributed by atoms with van der Waals surface area (Å²) in [6.45, 7) is 0. The Hall–Kier alpha value is -4.14. The quantitative estimate of drug-likeness (QED) is 0.291. The Balaban J connectivity index is 1.82. The Kier molecular flexibility index (Phi) is 5.40. The van der Waals surface area contributed by atoms with E-state index >= 15 is 0 Å². The van der Waals surface area contributed by atoms with Crippen molar-refractivity contribution in [3.63, 3.8) is 0 Å². The summed E-state index contributed by atoms with van der Waals surface area (Å²) in [6, 6.07) is 16.3. The van der Waals surface area contributed by atoms with Gasteiger partial charge in [0, 0.05) is 35.0 Å². The molecule has 6 nitrogen and oxygen atoms in total. The highest BCUT2D eigenvalue weighted by molar-refractivity contribution is 5.86. The van der Waals surface area contributed by atoms with Gasteiger partial charge in [-0.1, -0.05) is 24.3 Å². The number of nitrogens with zero attached hydrogens (tertiary/aromatic N) is 2. The maximum atomic E-state index is 13.2. The van der Waals surface area contributed by atoms with Gasteiger partial charge in [0.25, 0.3) is 5.69 Å². The van der Waals surface area contributed by atoms with Crippen molar-refractivity contribution >= 4 is 22.3 Å². The lowest BCUT2D eigenvalue weighted by molar-refractivity contribution is -0.384. The van der Waals surface area contributed by atoms with Gasteiger partial charge in [-0.15, -0.1) is 0 Å². The van der Waals surface area contributed by atoms with Gasteiger partial charge in [0.1, 0.15) is 11.3 Å². The number of benzene rings is 3. The Bertz CT molecular complexity index is 1290. The molecule has 1 aromatic heterocycles. The van der Waals surface area contributed by atoms with Gasteiger partial charge in [-0.05, 0) is 42.0 Å². The van der Waals surface area contributed by atoms with Crippen LogP contribution < -0.4 is 5.32 Å². The van der Waals surface area contributed by atoms with Crippen LogP contribution in [0.1, 0.15) is 22.7 Å². The Labute approximate surface area is 180 Å². The number of anilines is 1. The first-order valence-corrected chi connectivity index (χ1v) is 9.49. The Morgan fingerprint density at radius 3 is 2.44 bits per heavy atom. The summed E-state index contributed by atoms with van der Waals surface area (Å²) in [4.78, 5) is 14.7. The van der Waals surface area contributed by atoms with Crippen molar-refractivity contribution < 1.29 is 23.2 Å². The van der Waals surface area contributed by atoms with Crippen LogP contribution in [0.5, 0.6) is 5.75 Å². The molecule has 0 aliphatic carbocycles. The summed E-state index contributed by atoms with van der Waals surface area (Å²) in [5, 5.41) is 25.6. The van der Waals surface area contributed by atoms with Crippen molar-refractivity contribution in [3.8, 4) is 5.75 Å². The standard InChI is InChI=1S/C23H16F3N3O3/c24-23(25,26)16-4-1-5-17(13-16)28-20(15-6-9-18(10-7-15)29(31)32)19-11-8-14-3-2-12-27-21(14)22(19)30/h1-13,20,28,30H. The van der Waals surface area contributed by atoms with Gasteiger partial charge >= 0.3 is 6.18 Å². The number of halogens is 3. The second kappa shape index (κ2) is 8.18. The molecule has 0 saturated carbocycles. The second-order valence-corrected chi connectivity index (χ2v) is 7.08. The fourth-order valence-electron chi connectivity index (χ4n) is 3.46. The molecule has 0 saturated heterocycles. The van der Waals surface area contributed by atoms with E-state index in [-0.39, 0.29) is 17.1 Å². The molecule has 32 heavy (non-hydrogen) atoms. The maximum absolute atomic E-state index is 13.2. The molecule has 4 rings (SSSR count). The molecule has 162 valence electrons. The number of hydrogen-bond acceptors (Lipinski definition) is 5. The summed E-state index contributed by atoms with van der Waals surface area (Å²) in [7, 11) is 0. The number of rotatable bonds is 5. The maximum Gasteiger partial charge on any atom is 0.416 e. The number of nitro groups is 1. The molecule has 0 spiro atoms. The van der Waals surface area contributed by atoms with E-state index in [0.29, 0.717) is 22.0 Å². The van der Waals surface area contributed by atoms with E-state index in [2.05, 4.69) is 10.3 Å². The molecule has 9 heteroatoms. The van der Waals surface area contributed by atoms with Crippen LogP contribution in [0, 0.1) is 10.1 Å². The van der Waals surface area contributed by atoms with Gasteiger partial charge in [-0.2, -0.15) is 13.2 Å². The van der Waals surface area contributed by atoms with Gasteiger partial charge in [0.15, 0.2) is 0 Å². The number of fused-ring (bicyclic) bond motifs is 1. The molecule has 2 N–H and O–H groups in total. The summed E-state index contributed by atoms with van der Waals surface area (Å²) < 4.78 is 39.5. The topological polar surface area (TPSA) is 88.3 Å². The van der Waals surface area contributed by atoms with Crippen LogP contribution in [-0.2, 0) is 6.18 Å². The van der Waals surface area contributed by atoms with E-state index in [9.17, 15) is 28.4 Å². The van der Waals surface area contributed by atoms with Crippen molar-refractivity contribution in [2.75, 3.05) is 5.32 Å². The van der Waals surface area contributed by atoms with E-state index in [1.807, 2.05) is 0 Å². The zero-order chi connectivity index (χ0) is 22.9. The van der Waals surface area contributed by atoms with E-state index in [4.69, 9.17) is 0 Å². The van der Waals surface area contributed by atoms with Crippen LogP contribution in [0.15, 0.2) is 79.0 Å². The van der Waals surface area contributed by atoms with Gasteiger partial charge in [-0.25, -0.2) is 0 Å². The van der Waals surface area contributed by atoms with Crippen LogP contribution in [0.4, 0.5) is 24.5 Å². The van der Waals surface area contributed by atoms with Crippen LogP contribution in [-0.4, -0.2) is 15.0 Å². The number of nitrogens with one attached hydrogen (secondary N) is 1. The van der Waals surface area contributed by atoms with Crippen molar-refractivity contribution in [1.82, 2.24) is 4.98 Å². The molecular weight excluding hydrogens is 423 g/mol. The van der Waals surface area contributed by atoms with E-state index < -0.39 is 22.7 Å². The molecular formula is C23H16F3N3O3. The third-order valence-electron chi connectivity index (χ3n) is 5.03. The van der Waals surface area contributed by atoms with Crippen LogP contribution >= 0.6 is 0 Å². The van der Waals surface area contributed by atoms with E-state index in [1.54, 1.807) is 24.3 Å². The number of pyridine rings is 1. The molecule has 4 aromatic rings. The number of nitro benzene ring substituents is 1. The molecule has 0 amide bonds. The van der Waals surface area contributed by atoms with Crippen LogP contribution in [0.3, 0.4) is 0 Å². The van der Waals surface area contributed by atoms with Gasteiger partial charge in [0.05, 0.1) is 16.5 Å². The van der Waals surface area contributed by atoms with E-state index in [1.165, 1.54) is 42.6 Å². The van der Waals surface area contributed by atoms with Crippen molar-refractivity contribution in [1.29, 1.82) is 0 Å². The predicted molar refractivity (Wildman–Crippen MR) is 113 cm³/mol. The van der Waals surface area contributed by atoms with Gasteiger partial charge in [0.2, 0.25) is 0 Å². The first-order valence-electron chi connectivity index (χ1n) is 9.49. The highest BCUT2D eigenvalue weighted by Gasteiger charge is 2.31. The van der Waals surface area contributed by atoms with Crippen molar-refractivity contribution in [3.05, 3.63) is 106 Å². The van der Waals surface area contributed by atoms with Crippen molar-refractivity contribution in [2.24, 2.45) is 0 Å². The zero-order valence-corrected chi connectivity index (χ0v) is 16.4. The number of hydrogen-bond donors (Lipinski definition) is 2. The minimum absolute atomic E-state index is 0.129. The highest BCUT2D eigenvalue weighted by Crippen LogP contribution is 2.38. The van der Waals surface area contributed by atoms with Gasteiger partial charge in [-0.3, -0.25) is 15.1 Å². The minimum atomic E-state index is -4.52. The van der Waals surface area contributed by atoms with E-state index in [0.717, 1.165) is 12.1 Å². The number of phenolic OH excluding ortho intramolecular Hbond substituents is 1. The number of alkyl halides is 3. The second-order valence-electron chi connectivity index (χ2n) is 7.08. The average Bonchev–Trinajstić information content (AvgIpc) is 2.78. The summed E-state index contributed by atoms with van der Waals surface area (Å²) in [5.41, 5.74) is 0.429. The molecule has 0 bridgehead atoms. The summed E-state index contributed by atoms with van der Waals surface area (Å²) >= 11 is 0. The van der Waals surface area contributed by atoms with Crippen LogP contribution in [0.25, 0.3) is 10.9 Å². The third-order valence-corrected chi connectivity index (χ3v) is 5.03. The highest BCUT2D eigenvalue weighted by atomic mass is 19.4. The normalized spacial score (nSPS) is 12.5. The largest absolute Gasteiger partial charge is 0.505 e. The minimum Gasteiger partial charge on any atom is -0.505 e. The summed E-state index contributed by atoms with van der Waals surface area (Å²) in [6.07, 6.45) is -3.00. The number of aromatic hydroxyl groups is 1. The molecule has 1 unspecified atom stereocenters. The van der Waals surface area contributed by atoms with Crippen LogP contribution in [0.2, 0.25) is 0 Å². The van der Waals surface area contributed by atoms with Crippen molar-refractivity contribution in [2.45, 2.75) is 12.2 Å². The lowest BCUT2D eigenvalue weighted by Crippen LogP contribution is -2.14. The molecule has 1 heterocycles. The Morgan fingerprint density at radius 1 is 1.00 bits per heavy atom. The summed E-state index contributed by atoms with van der Waals surface area (Å²) in [5.74, 6) is -0.133. The molecule has 0 aliphatic rings. The first kappa shape index (κ1) is 21.1. The molecule has 3 aromatic carbocycles. The fourth-order valence-corrected chi connectivity index (χ4v) is 3.46. The zero-order valence-electron chi connectivity index (χ0n) is 16.4. The number of non-ortho nitro benzene ring substituents is 1. The van der Waals surface area contributed by atoms with Gasteiger partial charge < -0.3 is 10.4 Å². The first-order chi connectivity index (χ1) is 15.2. The fraction of sp³-hybridized carbons (Fsp3) is 0.0870. The monoisotopic (exact) mass is 439 g/mol. The molecule has 0 radical (unpaired) electrons. The smallest absolute Gasteiger partial charge is 0.416 e. The third kappa shape index (κ3) is 4.18.